The number of carbonyl (C=O) groups excluding carboxylic acids is 1. The van der Waals surface area contributed by atoms with E-state index in [1.807, 2.05) is 0 Å². The first-order valence-corrected chi connectivity index (χ1v) is 9.92. The molecule has 1 saturated heterocycles. The van der Waals surface area contributed by atoms with Gasteiger partial charge in [-0.3, -0.25) is 0 Å². The minimum absolute atomic E-state index is 0.102. The second kappa shape index (κ2) is 9.97. The van der Waals surface area contributed by atoms with Crippen LogP contribution in [0.15, 0.2) is 12.1 Å². The van der Waals surface area contributed by atoms with Crippen molar-refractivity contribution in [1.82, 2.24) is 4.90 Å². The van der Waals surface area contributed by atoms with Gasteiger partial charge in [0.2, 0.25) is 0 Å². The van der Waals surface area contributed by atoms with Crippen molar-refractivity contribution in [3.05, 3.63) is 23.5 Å². The summed E-state index contributed by atoms with van der Waals surface area (Å²) < 4.78 is 36.6. The number of halogens is 1. The molecule has 0 aromatic heterocycles. The van der Waals surface area contributed by atoms with Crippen molar-refractivity contribution in [2.24, 2.45) is 0 Å². The predicted molar refractivity (Wildman–Crippen MR) is 106 cm³/mol. The molecular weight excluding hydrogens is 397 g/mol. The van der Waals surface area contributed by atoms with Gasteiger partial charge in [-0.25, -0.2) is 14.0 Å². The number of ether oxygens (including phenoxy) is 4. The van der Waals surface area contributed by atoms with Gasteiger partial charge >= 0.3 is 12.1 Å². The molecule has 0 bridgehead atoms. The van der Waals surface area contributed by atoms with E-state index in [1.54, 1.807) is 32.6 Å². The van der Waals surface area contributed by atoms with E-state index >= 15 is 4.39 Å². The van der Waals surface area contributed by atoms with Gasteiger partial charge in [-0.2, -0.15) is 0 Å². The summed E-state index contributed by atoms with van der Waals surface area (Å²) in [6, 6.07) is 2.70. The first-order valence-electron chi connectivity index (χ1n) is 9.92. The smallest absolute Gasteiger partial charge is 0.410 e. The van der Waals surface area contributed by atoms with Crippen LogP contribution in [0.3, 0.4) is 0 Å². The minimum atomic E-state index is -1.48. The number of methoxy groups -OCH3 is 1. The summed E-state index contributed by atoms with van der Waals surface area (Å²) in [6.45, 7) is 8.32. The van der Waals surface area contributed by atoms with Gasteiger partial charge in [-0.15, -0.1) is 0 Å². The third-order valence-corrected chi connectivity index (χ3v) is 4.48. The highest BCUT2D eigenvalue weighted by molar-refractivity contribution is 5.75. The summed E-state index contributed by atoms with van der Waals surface area (Å²) in [4.78, 5) is 25.2. The van der Waals surface area contributed by atoms with E-state index in [2.05, 4.69) is 0 Å². The van der Waals surface area contributed by atoms with Gasteiger partial charge in [0.25, 0.3) is 0 Å². The molecule has 1 heterocycles. The van der Waals surface area contributed by atoms with Crippen LogP contribution in [0.1, 0.15) is 52.2 Å². The lowest BCUT2D eigenvalue weighted by molar-refractivity contribution is -0.149. The van der Waals surface area contributed by atoms with Crippen molar-refractivity contribution >= 4 is 12.1 Å². The Morgan fingerprint density at radius 2 is 1.90 bits per heavy atom. The first kappa shape index (κ1) is 23.7. The Hall–Kier alpha value is -2.55. The van der Waals surface area contributed by atoms with Gasteiger partial charge < -0.3 is 29.0 Å². The normalized spacial score (nSPS) is 16.1. The number of hydrogen-bond donors (Lipinski definition) is 1. The number of likely N-dealkylation sites (tertiary alicyclic amines) is 1. The molecule has 0 aliphatic carbocycles. The number of carbonyl (C=O) groups is 2. The molecule has 1 fully saturated rings. The van der Waals surface area contributed by atoms with Crippen LogP contribution in [0.2, 0.25) is 0 Å². The second-order valence-corrected chi connectivity index (χ2v) is 8.00. The Labute approximate surface area is 175 Å². The van der Waals surface area contributed by atoms with Gasteiger partial charge in [0, 0.05) is 44.7 Å². The van der Waals surface area contributed by atoms with Crippen LogP contribution in [0, 0.1) is 5.82 Å². The molecule has 1 aliphatic heterocycles. The molecule has 1 unspecified atom stereocenters. The van der Waals surface area contributed by atoms with E-state index < -0.39 is 29.6 Å². The Morgan fingerprint density at radius 3 is 2.40 bits per heavy atom. The predicted octanol–water partition coefficient (Wildman–Crippen LogP) is 3.77. The SMILES string of the molecule is CCOc1cc(OC2CCN(C(=O)OC(C)(C)C)CC2)c(F)c(C(OC)C(=O)O)c1. The largest absolute Gasteiger partial charge is 0.494 e. The van der Waals surface area contributed by atoms with Crippen molar-refractivity contribution < 1.29 is 38.0 Å². The van der Waals surface area contributed by atoms with Crippen LogP contribution in [0.5, 0.6) is 11.5 Å². The molecule has 8 nitrogen and oxygen atoms in total. The third kappa shape index (κ3) is 6.22. The number of amides is 1. The van der Waals surface area contributed by atoms with Crippen molar-refractivity contribution in [1.29, 1.82) is 0 Å². The Bertz CT molecular complexity index is 754. The standard InChI is InChI=1S/C21H30FNO7/c1-6-28-14-11-15(18(27-5)19(24)25)17(22)16(12-14)29-13-7-9-23(10-8-13)20(26)30-21(2,3)4/h11-13,18H,6-10H2,1-5H3,(H,24,25). The highest BCUT2D eigenvalue weighted by Gasteiger charge is 2.30. The van der Waals surface area contributed by atoms with Crippen LogP contribution in [-0.4, -0.2) is 60.6 Å². The number of hydrogen-bond acceptors (Lipinski definition) is 6. The molecular formula is C21H30FNO7. The molecule has 1 aromatic rings. The minimum Gasteiger partial charge on any atom is -0.494 e. The zero-order valence-corrected chi connectivity index (χ0v) is 18.1. The average molecular weight is 427 g/mol. The van der Waals surface area contributed by atoms with E-state index in [0.29, 0.717) is 38.3 Å². The summed E-state index contributed by atoms with van der Waals surface area (Å²) in [5.41, 5.74) is -0.747. The molecule has 1 aliphatic rings. The molecule has 1 atom stereocenters. The van der Waals surface area contributed by atoms with Crippen LogP contribution in [0.4, 0.5) is 9.18 Å². The zero-order valence-electron chi connectivity index (χ0n) is 18.1. The third-order valence-electron chi connectivity index (χ3n) is 4.48. The average Bonchev–Trinajstić information content (AvgIpc) is 2.65. The molecule has 1 amide bonds. The zero-order chi connectivity index (χ0) is 22.5. The lowest BCUT2D eigenvalue weighted by Crippen LogP contribution is -2.44. The van der Waals surface area contributed by atoms with Gasteiger partial charge in [0.1, 0.15) is 17.5 Å². The molecule has 0 saturated carbocycles. The van der Waals surface area contributed by atoms with E-state index in [0.717, 1.165) is 0 Å². The molecule has 0 radical (unpaired) electrons. The first-order chi connectivity index (χ1) is 14.1. The highest BCUT2D eigenvalue weighted by Crippen LogP contribution is 2.34. The van der Waals surface area contributed by atoms with Crippen molar-refractivity contribution in [3.8, 4) is 11.5 Å². The Morgan fingerprint density at radius 1 is 1.27 bits per heavy atom. The Kier molecular flexibility index (Phi) is 7.89. The van der Waals surface area contributed by atoms with Crippen molar-refractivity contribution in [2.75, 3.05) is 26.8 Å². The highest BCUT2D eigenvalue weighted by atomic mass is 19.1. The number of carboxylic acids is 1. The van der Waals surface area contributed by atoms with Crippen LogP contribution in [-0.2, 0) is 14.3 Å². The van der Waals surface area contributed by atoms with E-state index in [4.69, 9.17) is 18.9 Å². The van der Waals surface area contributed by atoms with Crippen molar-refractivity contribution in [3.63, 3.8) is 0 Å². The summed E-state index contributed by atoms with van der Waals surface area (Å²) in [7, 11) is 1.19. The molecule has 2 rings (SSSR count). The molecule has 1 N–H and O–H groups in total. The number of nitrogens with zero attached hydrogens (tertiary/aromatic N) is 1. The Balaban J connectivity index is 2.14. The van der Waals surface area contributed by atoms with E-state index in [-0.39, 0.29) is 17.4 Å². The molecule has 9 heteroatoms. The number of rotatable bonds is 7. The summed E-state index contributed by atoms with van der Waals surface area (Å²) in [5.74, 6) is -1.93. The lowest BCUT2D eigenvalue weighted by atomic mass is 10.1. The maximum Gasteiger partial charge on any atom is 0.410 e. The lowest BCUT2D eigenvalue weighted by Gasteiger charge is -2.33. The topological polar surface area (TPSA) is 94.5 Å². The van der Waals surface area contributed by atoms with Gasteiger partial charge in [0.05, 0.1) is 6.61 Å². The maximum atomic E-state index is 15.0. The van der Waals surface area contributed by atoms with E-state index in [1.165, 1.54) is 19.2 Å². The second-order valence-electron chi connectivity index (χ2n) is 8.00. The van der Waals surface area contributed by atoms with Crippen LogP contribution in [0.25, 0.3) is 0 Å². The fourth-order valence-corrected chi connectivity index (χ4v) is 3.14. The molecule has 168 valence electrons. The van der Waals surface area contributed by atoms with Gasteiger partial charge in [-0.05, 0) is 33.8 Å². The number of carboxylic acid groups (broad SMARTS) is 1. The fraction of sp³-hybridized carbons (Fsp3) is 0.619. The fourth-order valence-electron chi connectivity index (χ4n) is 3.14. The van der Waals surface area contributed by atoms with Crippen LogP contribution < -0.4 is 9.47 Å². The number of benzene rings is 1. The molecule has 0 spiro atoms. The van der Waals surface area contributed by atoms with Crippen molar-refractivity contribution in [2.45, 2.75) is 58.3 Å². The monoisotopic (exact) mass is 427 g/mol. The number of aliphatic carboxylic acids is 1. The van der Waals surface area contributed by atoms with Gasteiger partial charge in [0.15, 0.2) is 17.7 Å². The molecule has 30 heavy (non-hydrogen) atoms. The maximum absolute atomic E-state index is 15.0. The summed E-state index contributed by atoms with van der Waals surface area (Å²) in [6.07, 6.45) is -1.24. The quantitative estimate of drug-likeness (QED) is 0.708. The van der Waals surface area contributed by atoms with E-state index in [9.17, 15) is 14.7 Å². The number of piperidine rings is 1. The van der Waals surface area contributed by atoms with Gasteiger partial charge in [-0.1, -0.05) is 0 Å². The molecule has 1 aromatic carbocycles. The van der Waals surface area contributed by atoms with Crippen LogP contribution >= 0.6 is 0 Å². The summed E-state index contributed by atoms with van der Waals surface area (Å²) >= 11 is 0. The summed E-state index contributed by atoms with van der Waals surface area (Å²) in [5, 5.41) is 9.32.